The zero-order valence-corrected chi connectivity index (χ0v) is 15.1. The largest absolute Gasteiger partial charge is 0.477 e. The molecule has 10 heteroatoms. The summed E-state index contributed by atoms with van der Waals surface area (Å²) in [4.78, 5) is 9.29. The number of hydrogen-bond acceptors (Lipinski definition) is 3. The molecule has 0 aliphatic carbocycles. The monoisotopic (exact) mass is 452 g/mol. The summed E-state index contributed by atoms with van der Waals surface area (Å²) in [6.07, 6.45) is -3.26. The molecule has 0 aromatic carbocycles. The topological polar surface area (TPSA) is 63.7 Å². The molecule has 0 unspecified atom stereocenters. The standard InChI is InChI=1S/C12H16ClF3N4O.HI/c1-20(2)11(17)18-4-3-5-21-10-9(13)6-8(7-19-10)12(14,15)16;/h6-7H,3-5H2,1-2H3,(H2,17,18);1H. The van der Waals surface area contributed by atoms with Crippen LogP contribution >= 0.6 is 35.6 Å². The minimum absolute atomic E-state index is 0. The maximum absolute atomic E-state index is 12.4. The van der Waals surface area contributed by atoms with Gasteiger partial charge in [0.05, 0.1) is 12.2 Å². The fraction of sp³-hybridized carbons (Fsp3) is 0.500. The number of nitrogens with zero attached hydrogens (tertiary/aromatic N) is 3. The third kappa shape index (κ3) is 6.86. The lowest BCUT2D eigenvalue weighted by Gasteiger charge is -2.11. The van der Waals surface area contributed by atoms with Crippen molar-refractivity contribution in [2.75, 3.05) is 27.2 Å². The van der Waals surface area contributed by atoms with Gasteiger partial charge in [-0.25, -0.2) is 4.98 Å². The molecule has 0 amide bonds. The van der Waals surface area contributed by atoms with E-state index in [0.717, 1.165) is 6.07 Å². The minimum atomic E-state index is -4.48. The number of rotatable bonds is 5. The second-order valence-corrected chi connectivity index (χ2v) is 4.75. The third-order valence-corrected chi connectivity index (χ3v) is 2.68. The quantitative estimate of drug-likeness (QED) is 0.323. The molecule has 0 spiro atoms. The van der Waals surface area contributed by atoms with E-state index in [9.17, 15) is 13.2 Å². The van der Waals surface area contributed by atoms with E-state index in [1.54, 1.807) is 19.0 Å². The molecule has 22 heavy (non-hydrogen) atoms. The molecule has 0 fully saturated rings. The second kappa shape index (κ2) is 9.23. The van der Waals surface area contributed by atoms with Crippen molar-refractivity contribution in [2.45, 2.75) is 12.6 Å². The van der Waals surface area contributed by atoms with Crippen molar-refractivity contribution in [1.29, 1.82) is 0 Å². The Kier molecular flexibility index (Phi) is 8.83. The Morgan fingerprint density at radius 1 is 1.45 bits per heavy atom. The first kappa shape index (κ1) is 21.0. The Hall–Kier alpha value is -0.970. The Labute approximate surface area is 148 Å². The van der Waals surface area contributed by atoms with Crippen LogP contribution in [0, 0.1) is 0 Å². The molecule has 0 radical (unpaired) electrons. The molecule has 126 valence electrons. The maximum Gasteiger partial charge on any atom is 0.417 e. The van der Waals surface area contributed by atoms with Gasteiger partial charge >= 0.3 is 6.18 Å². The van der Waals surface area contributed by atoms with Crippen LogP contribution in [0.5, 0.6) is 5.88 Å². The Morgan fingerprint density at radius 3 is 2.59 bits per heavy atom. The van der Waals surface area contributed by atoms with Gasteiger partial charge in [-0.15, -0.1) is 24.0 Å². The highest BCUT2D eigenvalue weighted by Gasteiger charge is 2.31. The van der Waals surface area contributed by atoms with Gasteiger partial charge in [0.25, 0.3) is 0 Å². The van der Waals surface area contributed by atoms with Crippen LogP contribution in [0.25, 0.3) is 0 Å². The molecular formula is C12H17ClF3IN4O. The highest BCUT2D eigenvalue weighted by molar-refractivity contribution is 14.0. The number of alkyl halides is 3. The lowest BCUT2D eigenvalue weighted by atomic mass is 10.3. The van der Waals surface area contributed by atoms with E-state index < -0.39 is 11.7 Å². The number of nitrogens with two attached hydrogens (primary N) is 1. The summed E-state index contributed by atoms with van der Waals surface area (Å²) in [6.45, 7) is 0.657. The zero-order chi connectivity index (χ0) is 16.0. The molecule has 0 aliphatic heterocycles. The van der Waals surface area contributed by atoms with Gasteiger partial charge in [-0.3, -0.25) is 4.99 Å². The van der Waals surface area contributed by atoms with Crippen LogP contribution in [-0.4, -0.2) is 43.1 Å². The molecule has 0 saturated carbocycles. The number of halogens is 5. The van der Waals surface area contributed by atoms with Gasteiger partial charge in [0.2, 0.25) is 5.88 Å². The van der Waals surface area contributed by atoms with E-state index in [1.165, 1.54) is 0 Å². The van der Waals surface area contributed by atoms with Gasteiger partial charge in [0, 0.05) is 33.3 Å². The van der Waals surface area contributed by atoms with Crippen LogP contribution in [0.3, 0.4) is 0 Å². The summed E-state index contributed by atoms with van der Waals surface area (Å²) in [5.74, 6) is 0.356. The van der Waals surface area contributed by atoms with Gasteiger partial charge in [-0.1, -0.05) is 11.6 Å². The van der Waals surface area contributed by atoms with Gasteiger partial charge in [0.1, 0.15) is 5.02 Å². The molecule has 1 heterocycles. The number of aromatic nitrogens is 1. The normalized spacial score (nSPS) is 11.8. The zero-order valence-electron chi connectivity index (χ0n) is 12.0. The number of hydrogen-bond donors (Lipinski definition) is 1. The van der Waals surface area contributed by atoms with Crippen molar-refractivity contribution >= 4 is 41.5 Å². The number of aliphatic imine (C=N–C) groups is 1. The summed E-state index contributed by atoms with van der Waals surface area (Å²) in [5, 5.41) is -0.180. The summed E-state index contributed by atoms with van der Waals surface area (Å²) in [7, 11) is 3.53. The van der Waals surface area contributed by atoms with E-state index in [0.29, 0.717) is 25.1 Å². The molecule has 1 rings (SSSR count). The summed E-state index contributed by atoms with van der Waals surface area (Å²) in [5.41, 5.74) is 4.67. The predicted molar refractivity (Wildman–Crippen MR) is 90.0 cm³/mol. The Morgan fingerprint density at radius 2 is 2.09 bits per heavy atom. The SMILES string of the molecule is CN(C)C(N)=NCCCOc1ncc(C(F)(F)F)cc1Cl.I. The second-order valence-electron chi connectivity index (χ2n) is 4.35. The third-order valence-electron chi connectivity index (χ3n) is 2.41. The van der Waals surface area contributed by atoms with E-state index >= 15 is 0 Å². The van der Waals surface area contributed by atoms with Crippen molar-refractivity contribution in [2.24, 2.45) is 10.7 Å². The Balaban J connectivity index is 0.00000441. The van der Waals surface area contributed by atoms with E-state index in [1.807, 2.05) is 0 Å². The number of ether oxygens (including phenoxy) is 1. The van der Waals surface area contributed by atoms with Crippen LogP contribution in [0.15, 0.2) is 17.3 Å². The lowest BCUT2D eigenvalue weighted by molar-refractivity contribution is -0.137. The first-order valence-electron chi connectivity index (χ1n) is 6.04. The maximum atomic E-state index is 12.4. The first-order valence-corrected chi connectivity index (χ1v) is 6.42. The minimum Gasteiger partial charge on any atom is -0.477 e. The molecular weight excluding hydrogens is 436 g/mol. The van der Waals surface area contributed by atoms with Gasteiger partial charge < -0.3 is 15.4 Å². The van der Waals surface area contributed by atoms with Crippen LogP contribution < -0.4 is 10.5 Å². The van der Waals surface area contributed by atoms with Crippen LogP contribution in [0.4, 0.5) is 13.2 Å². The average molecular weight is 453 g/mol. The fourth-order valence-corrected chi connectivity index (χ4v) is 1.48. The highest BCUT2D eigenvalue weighted by atomic mass is 127. The smallest absolute Gasteiger partial charge is 0.417 e. The van der Waals surface area contributed by atoms with Crippen LogP contribution in [-0.2, 0) is 6.18 Å². The fourth-order valence-electron chi connectivity index (χ4n) is 1.26. The van der Waals surface area contributed by atoms with Crippen molar-refractivity contribution < 1.29 is 17.9 Å². The van der Waals surface area contributed by atoms with Gasteiger partial charge in [-0.2, -0.15) is 13.2 Å². The van der Waals surface area contributed by atoms with E-state index in [-0.39, 0.29) is 41.5 Å². The highest BCUT2D eigenvalue weighted by Crippen LogP contribution is 2.33. The molecule has 0 saturated heterocycles. The van der Waals surface area contributed by atoms with E-state index in [2.05, 4.69) is 9.98 Å². The summed E-state index contributed by atoms with van der Waals surface area (Å²) in [6, 6.07) is 0.784. The number of guanidine groups is 1. The molecule has 0 aliphatic rings. The molecule has 1 aromatic rings. The molecule has 0 atom stereocenters. The lowest BCUT2D eigenvalue weighted by Crippen LogP contribution is -2.30. The molecule has 1 aromatic heterocycles. The van der Waals surface area contributed by atoms with Crippen molar-refractivity contribution in [3.63, 3.8) is 0 Å². The van der Waals surface area contributed by atoms with Gasteiger partial charge in [0.15, 0.2) is 5.96 Å². The summed E-state index contributed by atoms with van der Waals surface area (Å²) >= 11 is 5.70. The molecule has 5 nitrogen and oxygen atoms in total. The van der Waals surface area contributed by atoms with Gasteiger partial charge in [-0.05, 0) is 6.07 Å². The average Bonchev–Trinajstić information content (AvgIpc) is 2.38. The van der Waals surface area contributed by atoms with Crippen molar-refractivity contribution in [3.8, 4) is 5.88 Å². The van der Waals surface area contributed by atoms with Crippen LogP contribution in [0.1, 0.15) is 12.0 Å². The molecule has 0 bridgehead atoms. The van der Waals surface area contributed by atoms with Crippen LogP contribution in [0.2, 0.25) is 5.02 Å². The predicted octanol–water partition coefficient (Wildman–Crippen LogP) is 3.02. The van der Waals surface area contributed by atoms with Crippen molar-refractivity contribution in [3.05, 3.63) is 22.8 Å². The molecule has 2 N–H and O–H groups in total. The first-order chi connectivity index (χ1) is 9.71. The summed E-state index contributed by atoms with van der Waals surface area (Å²) < 4.78 is 42.5. The van der Waals surface area contributed by atoms with E-state index in [4.69, 9.17) is 22.1 Å². The van der Waals surface area contributed by atoms with Crippen molar-refractivity contribution in [1.82, 2.24) is 9.88 Å². The Bertz CT molecular complexity index is 512. The number of pyridine rings is 1.